The molecule has 0 aromatic carbocycles. The van der Waals surface area contributed by atoms with E-state index in [-0.39, 0.29) is 13.2 Å². The number of nitrogens with one attached hydrogen (secondary N) is 1. The predicted molar refractivity (Wildman–Crippen MR) is 63.2 cm³/mol. The molecule has 5 N–H and O–H groups in total. The highest BCUT2D eigenvalue weighted by atomic mass is 16.3. The number of anilines is 2. The molecule has 1 aromatic rings. The summed E-state index contributed by atoms with van der Waals surface area (Å²) in [4.78, 5) is 0. The summed E-state index contributed by atoms with van der Waals surface area (Å²) in [6.07, 6.45) is 0.943. The predicted octanol–water partition coefficient (Wildman–Crippen LogP) is -0.0512. The van der Waals surface area contributed by atoms with Gasteiger partial charge in [-0.25, -0.2) is 4.68 Å². The number of aliphatic hydroxyl groups is 2. The molecular formula is C10H20N4O2. The van der Waals surface area contributed by atoms with Gasteiger partial charge < -0.3 is 21.3 Å². The molecule has 6 nitrogen and oxygen atoms in total. The van der Waals surface area contributed by atoms with Crippen molar-refractivity contribution in [2.75, 3.05) is 24.3 Å². The van der Waals surface area contributed by atoms with E-state index in [1.54, 1.807) is 4.68 Å². The van der Waals surface area contributed by atoms with Crippen LogP contribution in [-0.4, -0.2) is 39.2 Å². The molecule has 0 spiro atoms. The van der Waals surface area contributed by atoms with Gasteiger partial charge >= 0.3 is 0 Å². The monoisotopic (exact) mass is 228 g/mol. The summed E-state index contributed by atoms with van der Waals surface area (Å²) in [5.74, 6) is 0.674. The number of nitrogens with two attached hydrogens (primary N) is 1. The molecule has 0 amide bonds. The second-order valence-corrected chi connectivity index (χ2v) is 3.78. The molecule has 92 valence electrons. The third kappa shape index (κ3) is 2.65. The van der Waals surface area contributed by atoms with Crippen LogP contribution in [0.3, 0.4) is 0 Å². The summed E-state index contributed by atoms with van der Waals surface area (Å²) in [5.41, 5.74) is 7.21. The minimum atomic E-state index is -0.408. The number of aryl methyl sites for hydroxylation is 2. The summed E-state index contributed by atoms with van der Waals surface area (Å²) in [7, 11) is 0. The first-order valence-electron chi connectivity index (χ1n) is 5.45. The summed E-state index contributed by atoms with van der Waals surface area (Å²) in [6, 6.07) is -0.408. The zero-order chi connectivity index (χ0) is 12.1. The lowest BCUT2D eigenvalue weighted by Crippen LogP contribution is -2.29. The molecule has 0 aliphatic carbocycles. The van der Waals surface area contributed by atoms with E-state index < -0.39 is 6.04 Å². The van der Waals surface area contributed by atoms with Crippen LogP contribution in [0.5, 0.6) is 0 Å². The van der Waals surface area contributed by atoms with Gasteiger partial charge in [0.05, 0.1) is 30.6 Å². The number of hydrogen-bond acceptors (Lipinski definition) is 5. The zero-order valence-electron chi connectivity index (χ0n) is 9.77. The van der Waals surface area contributed by atoms with Crippen LogP contribution in [-0.2, 0) is 6.54 Å². The summed E-state index contributed by atoms with van der Waals surface area (Å²) < 4.78 is 1.77. The normalized spacial score (nSPS) is 11.1. The second-order valence-electron chi connectivity index (χ2n) is 3.78. The van der Waals surface area contributed by atoms with Gasteiger partial charge in [0, 0.05) is 6.54 Å². The maximum absolute atomic E-state index is 9.01. The van der Waals surface area contributed by atoms with E-state index in [1.165, 1.54) is 0 Å². The van der Waals surface area contributed by atoms with Gasteiger partial charge in [0.1, 0.15) is 5.82 Å². The van der Waals surface area contributed by atoms with Gasteiger partial charge in [0.25, 0.3) is 0 Å². The Morgan fingerprint density at radius 2 is 2.06 bits per heavy atom. The summed E-state index contributed by atoms with van der Waals surface area (Å²) >= 11 is 0. The van der Waals surface area contributed by atoms with Gasteiger partial charge in [0.2, 0.25) is 0 Å². The largest absolute Gasteiger partial charge is 0.394 e. The van der Waals surface area contributed by atoms with E-state index in [2.05, 4.69) is 10.4 Å². The van der Waals surface area contributed by atoms with Crippen LogP contribution in [0.1, 0.15) is 19.0 Å². The molecule has 6 heteroatoms. The molecule has 1 rings (SSSR count). The van der Waals surface area contributed by atoms with Crippen LogP contribution in [0.15, 0.2) is 0 Å². The SMILES string of the molecule is CCCn1nc(C)c(N)c1NC(CO)CO. The van der Waals surface area contributed by atoms with Crippen LogP contribution in [0, 0.1) is 6.92 Å². The highest BCUT2D eigenvalue weighted by Gasteiger charge is 2.15. The number of nitrogen functional groups attached to an aromatic ring is 1. The van der Waals surface area contributed by atoms with Gasteiger partial charge in [-0.05, 0) is 13.3 Å². The third-order valence-corrected chi connectivity index (χ3v) is 2.39. The lowest BCUT2D eigenvalue weighted by Gasteiger charge is -2.16. The Morgan fingerprint density at radius 3 is 2.56 bits per heavy atom. The van der Waals surface area contributed by atoms with Crippen molar-refractivity contribution >= 4 is 11.5 Å². The fourth-order valence-electron chi connectivity index (χ4n) is 1.46. The first-order valence-corrected chi connectivity index (χ1v) is 5.45. The van der Waals surface area contributed by atoms with Crippen LogP contribution >= 0.6 is 0 Å². The Balaban J connectivity index is 2.91. The number of aliphatic hydroxyl groups excluding tert-OH is 2. The average molecular weight is 228 g/mol. The van der Waals surface area contributed by atoms with Gasteiger partial charge in [-0.1, -0.05) is 6.92 Å². The van der Waals surface area contributed by atoms with Crippen molar-refractivity contribution in [1.82, 2.24) is 9.78 Å². The molecule has 16 heavy (non-hydrogen) atoms. The van der Waals surface area contributed by atoms with E-state index in [4.69, 9.17) is 15.9 Å². The minimum absolute atomic E-state index is 0.147. The fraction of sp³-hybridized carbons (Fsp3) is 0.700. The quantitative estimate of drug-likeness (QED) is 0.547. The van der Waals surface area contributed by atoms with Crippen molar-refractivity contribution in [1.29, 1.82) is 0 Å². The topological polar surface area (TPSA) is 96.3 Å². The number of rotatable bonds is 6. The van der Waals surface area contributed by atoms with Crippen LogP contribution in [0.4, 0.5) is 11.5 Å². The van der Waals surface area contributed by atoms with Crippen molar-refractivity contribution in [2.24, 2.45) is 0 Å². The molecule has 1 aromatic heterocycles. The van der Waals surface area contributed by atoms with Gasteiger partial charge in [0.15, 0.2) is 0 Å². The maximum Gasteiger partial charge on any atom is 0.148 e. The van der Waals surface area contributed by atoms with Crippen molar-refractivity contribution in [3.05, 3.63) is 5.69 Å². The molecule has 0 saturated carbocycles. The molecule has 0 unspecified atom stereocenters. The van der Waals surface area contributed by atoms with E-state index in [9.17, 15) is 0 Å². The lowest BCUT2D eigenvalue weighted by molar-refractivity contribution is 0.203. The molecule has 0 aliphatic heterocycles. The second kappa shape index (κ2) is 5.72. The van der Waals surface area contributed by atoms with Crippen LogP contribution in [0.25, 0.3) is 0 Å². The van der Waals surface area contributed by atoms with Crippen LogP contribution in [0.2, 0.25) is 0 Å². The molecule has 1 heterocycles. The minimum Gasteiger partial charge on any atom is -0.394 e. The Bertz CT molecular complexity index is 334. The third-order valence-electron chi connectivity index (χ3n) is 2.39. The molecule has 0 bridgehead atoms. The first-order chi connectivity index (χ1) is 7.63. The molecular weight excluding hydrogens is 208 g/mol. The average Bonchev–Trinajstić information content (AvgIpc) is 2.53. The Hall–Kier alpha value is -1.27. The zero-order valence-corrected chi connectivity index (χ0v) is 9.77. The maximum atomic E-state index is 9.01. The first kappa shape index (κ1) is 12.8. The molecule has 0 radical (unpaired) electrons. The van der Waals surface area contributed by atoms with Crippen molar-refractivity contribution < 1.29 is 10.2 Å². The van der Waals surface area contributed by atoms with E-state index >= 15 is 0 Å². The van der Waals surface area contributed by atoms with Gasteiger partial charge in [-0.3, -0.25) is 0 Å². The molecule has 0 saturated heterocycles. The highest BCUT2D eigenvalue weighted by molar-refractivity contribution is 5.65. The standard InChI is InChI=1S/C10H20N4O2/c1-3-4-14-10(9(11)7(2)13-14)12-8(5-15)6-16/h8,12,15-16H,3-6,11H2,1-2H3. The highest BCUT2D eigenvalue weighted by Crippen LogP contribution is 2.23. The number of nitrogens with zero attached hydrogens (tertiary/aromatic N) is 2. The Morgan fingerprint density at radius 1 is 1.44 bits per heavy atom. The van der Waals surface area contributed by atoms with E-state index in [0.717, 1.165) is 18.7 Å². The molecule has 0 aliphatic rings. The Kier molecular flexibility index (Phi) is 4.57. The Labute approximate surface area is 95.1 Å². The van der Waals surface area contributed by atoms with Gasteiger partial charge in [-0.15, -0.1) is 0 Å². The van der Waals surface area contributed by atoms with Crippen molar-refractivity contribution in [3.63, 3.8) is 0 Å². The fourth-order valence-corrected chi connectivity index (χ4v) is 1.46. The number of aromatic nitrogens is 2. The summed E-state index contributed by atoms with van der Waals surface area (Å²) in [5, 5.41) is 25.3. The smallest absolute Gasteiger partial charge is 0.148 e. The summed E-state index contributed by atoms with van der Waals surface area (Å²) in [6.45, 7) is 4.34. The van der Waals surface area contributed by atoms with Crippen LogP contribution < -0.4 is 11.1 Å². The van der Waals surface area contributed by atoms with Gasteiger partial charge in [-0.2, -0.15) is 5.10 Å². The van der Waals surface area contributed by atoms with E-state index in [0.29, 0.717) is 11.5 Å². The van der Waals surface area contributed by atoms with Crippen molar-refractivity contribution in [2.45, 2.75) is 32.9 Å². The lowest BCUT2D eigenvalue weighted by atomic mass is 10.3. The number of hydrogen-bond donors (Lipinski definition) is 4. The van der Waals surface area contributed by atoms with Crippen molar-refractivity contribution in [3.8, 4) is 0 Å². The molecule has 0 fully saturated rings. The molecule has 0 atom stereocenters. The van der Waals surface area contributed by atoms with E-state index in [1.807, 2.05) is 13.8 Å².